The largest absolute Gasteiger partial charge is 0.308 e. The van der Waals surface area contributed by atoms with Gasteiger partial charge >= 0.3 is 0 Å². The molecule has 6 heteroatoms. The van der Waals surface area contributed by atoms with Gasteiger partial charge in [-0.3, -0.25) is 19.4 Å². The van der Waals surface area contributed by atoms with Crippen LogP contribution in [0.5, 0.6) is 0 Å². The van der Waals surface area contributed by atoms with E-state index in [4.69, 9.17) is 0 Å². The summed E-state index contributed by atoms with van der Waals surface area (Å²) < 4.78 is 1.84. The summed E-state index contributed by atoms with van der Waals surface area (Å²) in [7, 11) is 0. The number of fused-ring (bicyclic) bond motifs is 1. The van der Waals surface area contributed by atoms with Gasteiger partial charge < -0.3 is 5.32 Å². The third-order valence-electron chi connectivity index (χ3n) is 5.81. The van der Waals surface area contributed by atoms with Crippen LogP contribution in [0.4, 0.5) is 5.82 Å². The van der Waals surface area contributed by atoms with Gasteiger partial charge in [-0.1, -0.05) is 54.6 Å². The van der Waals surface area contributed by atoms with E-state index in [-0.39, 0.29) is 11.9 Å². The first-order valence-electron chi connectivity index (χ1n) is 10.7. The van der Waals surface area contributed by atoms with E-state index in [0.29, 0.717) is 12.4 Å². The van der Waals surface area contributed by atoms with E-state index in [0.717, 1.165) is 48.0 Å². The van der Waals surface area contributed by atoms with Gasteiger partial charge in [-0.05, 0) is 43.1 Å². The molecule has 1 amide bonds. The monoisotopic (exact) mass is 411 g/mol. The number of amides is 1. The van der Waals surface area contributed by atoms with Crippen molar-refractivity contribution in [1.82, 2.24) is 19.7 Å². The number of carbonyl (C=O) groups is 1. The molecule has 0 spiro atoms. The van der Waals surface area contributed by atoms with Crippen LogP contribution < -0.4 is 5.32 Å². The van der Waals surface area contributed by atoms with E-state index < -0.39 is 0 Å². The second-order valence-corrected chi connectivity index (χ2v) is 7.94. The fraction of sp³-hybridized carbons (Fsp3) is 0.240. The fourth-order valence-electron chi connectivity index (χ4n) is 4.34. The highest BCUT2D eigenvalue weighted by Crippen LogP contribution is 2.26. The van der Waals surface area contributed by atoms with Gasteiger partial charge in [0.15, 0.2) is 5.82 Å². The van der Waals surface area contributed by atoms with Crippen molar-refractivity contribution < 1.29 is 4.79 Å². The zero-order valence-corrected chi connectivity index (χ0v) is 17.3. The summed E-state index contributed by atoms with van der Waals surface area (Å²) in [5, 5.41) is 8.73. The summed E-state index contributed by atoms with van der Waals surface area (Å²) in [5.41, 5.74) is 3.09. The third-order valence-corrected chi connectivity index (χ3v) is 5.81. The first-order valence-corrected chi connectivity index (χ1v) is 10.7. The second kappa shape index (κ2) is 8.70. The molecule has 2 aromatic carbocycles. The minimum absolute atomic E-state index is 0.0369. The van der Waals surface area contributed by atoms with Crippen LogP contribution in [0.25, 0.3) is 10.9 Å². The Hall–Kier alpha value is -3.51. The summed E-state index contributed by atoms with van der Waals surface area (Å²) in [4.78, 5) is 20.0. The van der Waals surface area contributed by atoms with Gasteiger partial charge in [-0.2, -0.15) is 5.10 Å². The van der Waals surface area contributed by atoms with Crippen molar-refractivity contribution in [2.24, 2.45) is 0 Å². The first-order chi connectivity index (χ1) is 15.3. The number of nitrogens with zero attached hydrogens (tertiary/aromatic N) is 4. The van der Waals surface area contributed by atoms with Crippen molar-refractivity contribution in [3.05, 3.63) is 90.3 Å². The molecule has 4 aromatic rings. The summed E-state index contributed by atoms with van der Waals surface area (Å²) in [6.45, 7) is 2.48. The maximum atomic E-state index is 13.2. The number of carbonyl (C=O) groups excluding carboxylic acids is 1. The Morgan fingerprint density at radius 3 is 2.61 bits per heavy atom. The minimum Gasteiger partial charge on any atom is -0.308 e. The number of para-hydroxylation sites is 1. The average molecular weight is 412 g/mol. The van der Waals surface area contributed by atoms with E-state index in [1.165, 1.54) is 0 Å². The maximum absolute atomic E-state index is 13.2. The Balaban J connectivity index is 1.34. The first kappa shape index (κ1) is 19.5. The summed E-state index contributed by atoms with van der Waals surface area (Å²) in [5.74, 6) is 0.531. The van der Waals surface area contributed by atoms with Gasteiger partial charge in [-0.25, -0.2) is 0 Å². The van der Waals surface area contributed by atoms with Crippen molar-refractivity contribution in [2.45, 2.75) is 25.4 Å². The molecule has 5 rings (SSSR count). The molecule has 0 saturated carbocycles. The number of rotatable bonds is 6. The molecule has 0 bridgehead atoms. The normalized spacial score (nSPS) is 15.2. The molecule has 6 nitrogen and oxygen atoms in total. The highest BCUT2D eigenvalue weighted by atomic mass is 16.2. The van der Waals surface area contributed by atoms with Crippen LogP contribution in [0.1, 0.15) is 30.0 Å². The number of benzene rings is 2. The van der Waals surface area contributed by atoms with Crippen LogP contribution in [0.2, 0.25) is 0 Å². The van der Waals surface area contributed by atoms with Gasteiger partial charge in [0.1, 0.15) is 6.04 Å². The van der Waals surface area contributed by atoms with Gasteiger partial charge in [-0.15, -0.1) is 0 Å². The van der Waals surface area contributed by atoms with Crippen LogP contribution >= 0.6 is 0 Å². The average Bonchev–Trinajstić information content (AvgIpc) is 3.48. The van der Waals surface area contributed by atoms with Crippen LogP contribution in [0.15, 0.2) is 79.1 Å². The molecule has 1 aliphatic heterocycles. The van der Waals surface area contributed by atoms with Crippen molar-refractivity contribution >= 4 is 22.6 Å². The lowest BCUT2D eigenvalue weighted by Crippen LogP contribution is -2.35. The number of pyridine rings is 1. The summed E-state index contributed by atoms with van der Waals surface area (Å²) in [6, 6.07) is 21.7. The molecule has 1 N–H and O–H groups in total. The van der Waals surface area contributed by atoms with Crippen LogP contribution in [-0.4, -0.2) is 38.7 Å². The number of aromatic nitrogens is 3. The molecule has 1 aliphatic rings. The molecule has 31 heavy (non-hydrogen) atoms. The Morgan fingerprint density at radius 1 is 0.968 bits per heavy atom. The van der Waals surface area contributed by atoms with Crippen molar-refractivity contribution in [2.75, 3.05) is 18.4 Å². The number of anilines is 1. The molecule has 1 fully saturated rings. The maximum Gasteiger partial charge on any atom is 0.247 e. The number of hydrogen-bond donors (Lipinski definition) is 1. The topological polar surface area (TPSA) is 63.1 Å². The summed E-state index contributed by atoms with van der Waals surface area (Å²) in [6.07, 6.45) is 5.96. The van der Waals surface area contributed by atoms with Crippen LogP contribution in [-0.2, 0) is 11.3 Å². The molecular weight excluding hydrogens is 386 g/mol. The molecule has 1 atom stereocenters. The predicted octanol–water partition coefficient (Wildman–Crippen LogP) is 4.26. The zero-order valence-electron chi connectivity index (χ0n) is 17.3. The van der Waals surface area contributed by atoms with Crippen molar-refractivity contribution in [3.8, 4) is 0 Å². The van der Waals surface area contributed by atoms with Crippen molar-refractivity contribution in [3.63, 3.8) is 0 Å². The van der Waals surface area contributed by atoms with E-state index in [1.54, 1.807) is 0 Å². The standard InChI is InChI=1S/C25H25N5O/c31-25(24(29-15-4-5-16-29)20-8-2-1-3-9-20)27-22-13-17-30(28-22)18-21-11-6-10-19-12-7-14-26-23(19)21/h1-3,6-14,17,24H,4-5,15-16,18H2,(H,27,28,31)/t24-/m0/s1. The Kier molecular flexibility index (Phi) is 5.46. The van der Waals surface area contributed by atoms with E-state index >= 15 is 0 Å². The number of likely N-dealkylation sites (tertiary alicyclic amines) is 1. The lowest BCUT2D eigenvalue weighted by Gasteiger charge is -2.26. The van der Waals surface area contributed by atoms with Gasteiger partial charge in [0.2, 0.25) is 5.91 Å². The highest BCUT2D eigenvalue weighted by molar-refractivity contribution is 5.94. The summed E-state index contributed by atoms with van der Waals surface area (Å²) >= 11 is 0. The minimum atomic E-state index is -0.295. The molecule has 1 saturated heterocycles. The molecule has 0 unspecified atom stereocenters. The molecule has 2 aromatic heterocycles. The highest BCUT2D eigenvalue weighted by Gasteiger charge is 2.30. The molecule has 156 valence electrons. The van der Waals surface area contributed by atoms with Crippen LogP contribution in [0, 0.1) is 0 Å². The third kappa shape index (κ3) is 4.20. The van der Waals surface area contributed by atoms with Crippen LogP contribution in [0.3, 0.4) is 0 Å². The Labute approximate surface area is 181 Å². The molecule has 0 aliphatic carbocycles. The van der Waals surface area contributed by atoms with E-state index in [9.17, 15) is 4.79 Å². The molecular formula is C25H25N5O. The smallest absolute Gasteiger partial charge is 0.247 e. The SMILES string of the molecule is O=C(Nc1ccn(Cc2cccc3cccnc23)n1)[C@H](c1ccccc1)N1CCCC1. The van der Waals surface area contributed by atoms with Gasteiger partial charge in [0.05, 0.1) is 12.1 Å². The quantitative estimate of drug-likeness (QED) is 0.515. The molecule has 0 radical (unpaired) electrons. The van der Waals surface area contributed by atoms with Gasteiger partial charge in [0.25, 0.3) is 0 Å². The zero-order chi connectivity index (χ0) is 21.0. The predicted molar refractivity (Wildman–Crippen MR) is 122 cm³/mol. The lowest BCUT2D eigenvalue weighted by molar-refractivity contribution is -0.121. The number of nitrogens with one attached hydrogen (secondary N) is 1. The Bertz CT molecular complexity index is 1180. The molecule has 3 heterocycles. The van der Waals surface area contributed by atoms with Gasteiger partial charge in [0, 0.05) is 23.8 Å². The van der Waals surface area contributed by atoms with E-state index in [2.05, 4.69) is 38.5 Å². The van der Waals surface area contributed by atoms with Crippen molar-refractivity contribution in [1.29, 1.82) is 0 Å². The fourth-order valence-corrected chi connectivity index (χ4v) is 4.34. The number of hydrogen-bond acceptors (Lipinski definition) is 4. The second-order valence-electron chi connectivity index (χ2n) is 7.94. The lowest BCUT2D eigenvalue weighted by atomic mass is 10.0. The van der Waals surface area contributed by atoms with E-state index in [1.807, 2.05) is 65.6 Å². The Morgan fingerprint density at radius 2 is 1.77 bits per heavy atom.